The molecule has 0 bridgehead atoms. The van der Waals surface area contributed by atoms with Crippen LogP contribution in [0.4, 0.5) is 5.00 Å². The SMILES string of the molecule is CN(C)C=Nc1sc(C=O)c(Cl)c1C#N. The first-order valence-corrected chi connectivity index (χ1v) is 5.17. The van der Waals surface area contributed by atoms with Gasteiger partial charge in [0.15, 0.2) is 6.29 Å². The molecule has 0 aliphatic rings. The molecule has 0 atom stereocenters. The Hall–Kier alpha value is -1.38. The van der Waals surface area contributed by atoms with Crippen molar-refractivity contribution in [1.82, 2.24) is 4.90 Å². The lowest BCUT2D eigenvalue weighted by molar-refractivity contribution is 0.112. The van der Waals surface area contributed by atoms with E-state index in [0.29, 0.717) is 16.2 Å². The molecule has 4 nitrogen and oxygen atoms in total. The van der Waals surface area contributed by atoms with Crippen LogP contribution >= 0.6 is 22.9 Å². The van der Waals surface area contributed by atoms with Crippen LogP contribution in [0.5, 0.6) is 0 Å². The van der Waals surface area contributed by atoms with E-state index in [1.165, 1.54) is 0 Å². The summed E-state index contributed by atoms with van der Waals surface area (Å²) >= 11 is 6.92. The monoisotopic (exact) mass is 241 g/mol. The van der Waals surface area contributed by atoms with E-state index in [1.807, 2.05) is 20.2 Å². The average molecular weight is 242 g/mol. The van der Waals surface area contributed by atoms with Crippen molar-refractivity contribution in [3.05, 3.63) is 15.5 Å². The van der Waals surface area contributed by atoms with Crippen molar-refractivity contribution in [2.75, 3.05) is 14.1 Å². The van der Waals surface area contributed by atoms with Crippen LogP contribution in [0.15, 0.2) is 4.99 Å². The molecule has 0 fully saturated rings. The zero-order valence-electron chi connectivity index (χ0n) is 8.19. The molecule has 78 valence electrons. The zero-order valence-corrected chi connectivity index (χ0v) is 9.76. The number of hydrogen-bond acceptors (Lipinski definition) is 4. The molecule has 0 N–H and O–H groups in total. The number of thiophene rings is 1. The highest BCUT2D eigenvalue weighted by molar-refractivity contribution is 7.18. The lowest BCUT2D eigenvalue weighted by Gasteiger charge is -2.00. The molecule has 0 amide bonds. The van der Waals surface area contributed by atoms with Gasteiger partial charge >= 0.3 is 0 Å². The fourth-order valence-electron chi connectivity index (χ4n) is 0.849. The van der Waals surface area contributed by atoms with Crippen LogP contribution in [0.2, 0.25) is 5.02 Å². The van der Waals surface area contributed by atoms with Gasteiger partial charge in [0.05, 0.1) is 16.2 Å². The van der Waals surface area contributed by atoms with Gasteiger partial charge in [-0.1, -0.05) is 11.6 Å². The molecule has 1 aromatic heterocycles. The number of rotatable bonds is 3. The van der Waals surface area contributed by atoms with Crippen molar-refractivity contribution in [2.45, 2.75) is 0 Å². The first kappa shape index (κ1) is 11.7. The molecule has 0 aliphatic heterocycles. The summed E-state index contributed by atoms with van der Waals surface area (Å²) in [5, 5.41) is 9.48. The van der Waals surface area contributed by atoms with Crippen LogP contribution < -0.4 is 0 Å². The second kappa shape index (κ2) is 4.91. The summed E-state index contributed by atoms with van der Waals surface area (Å²) in [6.07, 6.45) is 2.18. The van der Waals surface area contributed by atoms with Crippen LogP contribution in [0.1, 0.15) is 15.2 Å². The van der Waals surface area contributed by atoms with E-state index in [-0.39, 0.29) is 10.6 Å². The van der Waals surface area contributed by atoms with Crippen LogP contribution in [-0.2, 0) is 0 Å². The number of aliphatic imine (C=N–C) groups is 1. The van der Waals surface area contributed by atoms with Gasteiger partial charge in [-0.05, 0) is 0 Å². The molecule has 1 aromatic rings. The maximum absolute atomic E-state index is 10.6. The standard InChI is InChI=1S/C9H8ClN3OS/c1-13(2)5-12-9-6(3-11)8(10)7(4-14)15-9/h4-5H,1-2H3. The number of halogens is 1. The third-order valence-corrected chi connectivity index (χ3v) is 3.01. The summed E-state index contributed by atoms with van der Waals surface area (Å²) in [5.74, 6) is 0. The number of hydrogen-bond donors (Lipinski definition) is 0. The predicted molar refractivity (Wildman–Crippen MR) is 61.3 cm³/mol. The van der Waals surface area contributed by atoms with E-state index >= 15 is 0 Å². The molecular weight excluding hydrogens is 234 g/mol. The molecular formula is C9H8ClN3OS. The van der Waals surface area contributed by atoms with Crippen molar-refractivity contribution in [3.8, 4) is 6.07 Å². The Morgan fingerprint density at radius 1 is 1.60 bits per heavy atom. The second-order valence-corrected chi connectivity index (χ2v) is 4.31. The van der Waals surface area contributed by atoms with Gasteiger partial charge in [0.25, 0.3) is 0 Å². The normalized spacial score (nSPS) is 10.3. The first-order chi connectivity index (χ1) is 7.10. The summed E-state index contributed by atoms with van der Waals surface area (Å²) in [5.41, 5.74) is 0.252. The first-order valence-electron chi connectivity index (χ1n) is 3.98. The van der Waals surface area contributed by atoms with Gasteiger partial charge in [-0.15, -0.1) is 11.3 Å². The van der Waals surface area contributed by atoms with Gasteiger partial charge in [0, 0.05) is 14.1 Å². The lowest BCUT2D eigenvalue weighted by Crippen LogP contribution is -2.06. The fourth-order valence-corrected chi connectivity index (χ4v) is 1.99. The van der Waals surface area contributed by atoms with Crippen LogP contribution in [0.25, 0.3) is 0 Å². The van der Waals surface area contributed by atoms with Crippen molar-refractivity contribution in [3.63, 3.8) is 0 Å². The Morgan fingerprint density at radius 2 is 2.27 bits per heavy atom. The quantitative estimate of drug-likeness (QED) is 0.464. The molecule has 0 unspecified atom stereocenters. The van der Waals surface area contributed by atoms with Crippen molar-refractivity contribution >= 4 is 40.6 Å². The van der Waals surface area contributed by atoms with Crippen LogP contribution in [0, 0.1) is 11.3 Å². The second-order valence-electron chi connectivity index (χ2n) is 2.90. The Balaban J connectivity index is 3.19. The van der Waals surface area contributed by atoms with E-state index in [4.69, 9.17) is 16.9 Å². The van der Waals surface area contributed by atoms with Crippen molar-refractivity contribution in [1.29, 1.82) is 5.26 Å². The number of nitrogens with zero attached hydrogens (tertiary/aromatic N) is 3. The fraction of sp³-hybridized carbons (Fsp3) is 0.222. The zero-order chi connectivity index (χ0) is 11.4. The van der Waals surface area contributed by atoms with Gasteiger partial charge in [-0.2, -0.15) is 5.26 Å². The molecule has 0 aromatic carbocycles. The van der Waals surface area contributed by atoms with E-state index < -0.39 is 0 Å². The molecule has 0 spiro atoms. The third kappa shape index (κ3) is 2.55. The summed E-state index contributed by atoms with van der Waals surface area (Å²) in [6.45, 7) is 0. The Kier molecular flexibility index (Phi) is 3.83. The van der Waals surface area contributed by atoms with Gasteiger partial charge in [-0.3, -0.25) is 4.79 Å². The Labute approximate surface area is 96.4 Å². The molecule has 1 heterocycles. The predicted octanol–water partition coefficient (Wildman–Crippen LogP) is 2.31. The van der Waals surface area contributed by atoms with Gasteiger partial charge < -0.3 is 4.90 Å². The Morgan fingerprint density at radius 3 is 2.73 bits per heavy atom. The van der Waals surface area contributed by atoms with Crippen molar-refractivity contribution in [2.24, 2.45) is 4.99 Å². The molecule has 0 saturated heterocycles. The van der Waals surface area contributed by atoms with E-state index in [9.17, 15) is 4.79 Å². The topological polar surface area (TPSA) is 56.5 Å². The summed E-state index contributed by atoms with van der Waals surface area (Å²) in [4.78, 5) is 16.7. The van der Waals surface area contributed by atoms with E-state index in [2.05, 4.69) is 4.99 Å². The number of nitriles is 1. The molecule has 0 saturated carbocycles. The van der Waals surface area contributed by atoms with E-state index in [1.54, 1.807) is 11.2 Å². The molecule has 0 radical (unpaired) electrons. The van der Waals surface area contributed by atoms with Crippen LogP contribution in [-0.4, -0.2) is 31.6 Å². The smallest absolute Gasteiger partial charge is 0.161 e. The maximum atomic E-state index is 10.6. The highest BCUT2D eigenvalue weighted by Crippen LogP contribution is 2.37. The van der Waals surface area contributed by atoms with Gasteiger partial charge in [0.2, 0.25) is 0 Å². The minimum atomic E-state index is 0.184. The number of carbonyl (C=O) groups is 1. The molecule has 0 aliphatic carbocycles. The highest BCUT2D eigenvalue weighted by atomic mass is 35.5. The number of aldehydes is 1. The summed E-state index contributed by atoms with van der Waals surface area (Å²) < 4.78 is 0. The van der Waals surface area contributed by atoms with E-state index in [0.717, 1.165) is 11.3 Å². The Bertz CT molecular complexity index is 445. The molecule has 6 heteroatoms. The number of carbonyl (C=O) groups excluding carboxylic acids is 1. The maximum Gasteiger partial charge on any atom is 0.161 e. The summed E-state index contributed by atoms with van der Waals surface area (Å²) in [6, 6.07) is 1.93. The summed E-state index contributed by atoms with van der Waals surface area (Å²) in [7, 11) is 3.62. The third-order valence-electron chi connectivity index (χ3n) is 1.48. The molecule has 15 heavy (non-hydrogen) atoms. The molecule has 1 rings (SSSR count). The van der Waals surface area contributed by atoms with Gasteiger partial charge in [-0.25, -0.2) is 4.99 Å². The largest absolute Gasteiger partial charge is 0.369 e. The lowest BCUT2D eigenvalue weighted by atomic mass is 10.3. The van der Waals surface area contributed by atoms with Crippen molar-refractivity contribution < 1.29 is 4.79 Å². The van der Waals surface area contributed by atoms with Crippen LogP contribution in [0.3, 0.4) is 0 Å². The van der Waals surface area contributed by atoms with Gasteiger partial charge in [0.1, 0.15) is 16.6 Å². The minimum Gasteiger partial charge on any atom is -0.369 e. The average Bonchev–Trinajstić information content (AvgIpc) is 2.51. The minimum absolute atomic E-state index is 0.184. The highest BCUT2D eigenvalue weighted by Gasteiger charge is 2.15.